The van der Waals surface area contributed by atoms with Crippen molar-refractivity contribution in [2.75, 3.05) is 5.32 Å². The number of anilines is 1. The van der Waals surface area contributed by atoms with E-state index in [9.17, 15) is 9.59 Å². The van der Waals surface area contributed by atoms with E-state index in [0.29, 0.717) is 12.3 Å². The first-order valence-electron chi connectivity index (χ1n) is 8.45. The molecule has 2 amide bonds. The van der Waals surface area contributed by atoms with Crippen molar-refractivity contribution in [3.63, 3.8) is 0 Å². The molecule has 0 bridgehead atoms. The highest BCUT2D eigenvalue weighted by atomic mass is 79.9. The summed E-state index contributed by atoms with van der Waals surface area (Å²) in [4.78, 5) is 24.0. The van der Waals surface area contributed by atoms with Crippen molar-refractivity contribution in [3.8, 4) is 5.75 Å². The molecule has 0 aliphatic rings. The molecule has 1 atom stereocenters. The van der Waals surface area contributed by atoms with E-state index < -0.39 is 6.10 Å². The molecule has 0 heterocycles. The van der Waals surface area contributed by atoms with Gasteiger partial charge in [-0.05, 0) is 48.9 Å². The highest BCUT2D eigenvalue weighted by Gasteiger charge is 2.14. The van der Waals surface area contributed by atoms with Gasteiger partial charge in [0.2, 0.25) is 5.91 Å². The lowest BCUT2D eigenvalue weighted by atomic mass is 10.1. The van der Waals surface area contributed by atoms with Gasteiger partial charge in [0.1, 0.15) is 5.75 Å². The summed E-state index contributed by atoms with van der Waals surface area (Å²) >= 11 is 3.36. The summed E-state index contributed by atoms with van der Waals surface area (Å²) in [6, 6.07) is 14.7. The van der Waals surface area contributed by atoms with E-state index in [0.717, 1.165) is 15.7 Å². The lowest BCUT2D eigenvalue weighted by Crippen LogP contribution is -2.35. The van der Waals surface area contributed by atoms with E-state index in [1.165, 1.54) is 0 Å². The van der Waals surface area contributed by atoms with Crippen molar-refractivity contribution in [1.29, 1.82) is 0 Å². The minimum Gasteiger partial charge on any atom is -0.481 e. The minimum atomic E-state index is -0.611. The first-order chi connectivity index (χ1) is 12.3. The van der Waals surface area contributed by atoms with Crippen LogP contribution in [0.25, 0.3) is 0 Å². The first-order valence-corrected chi connectivity index (χ1v) is 9.24. The number of amides is 2. The van der Waals surface area contributed by atoms with Gasteiger partial charge in [-0.3, -0.25) is 9.59 Å². The molecular formula is C20H23BrN2O3. The maximum atomic E-state index is 12.2. The van der Waals surface area contributed by atoms with Crippen LogP contribution in [0.5, 0.6) is 5.75 Å². The van der Waals surface area contributed by atoms with E-state index in [1.54, 1.807) is 19.1 Å². The number of carbonyl (C=O) groups excluding carboxylic acids is 2. The van der Waals surface area contributed by atoms with Gasteiger partial charge in [0, 0.05) is 22.6 Å². The number of rotatable bonds is 7. The Balaban J connectivity index is 1.88. The summed E-state index contributed by atoms with van der Waals surface area (Å²) < 4.78 is 6.58. The molecular weight excluding hydrogens is 396 g/mol. The number of halogens is 1. The van der Waals surface area contributed by atoms with Crippen LogP contribution in [-0.4, -0.2) is 17.9 Å². The SMILES string of the molecule is CC(C)C(=O)Nc1cccc(CNC(=O)C(C)Oc2ccc(Br)cc2)c1. The van der Waals surface area contributed by atoms with Crippen molar-refractivity contribution in [2.45, 2.75) is 33.4 Å². The van der Waals surface area contributed by atoms with Crippen molar-refractivity contribution >= 4 is 33.4 Å². The number of nitrogens with one attached hydrogen (secondary N) is 2. The lowest BCUT2D eigenvalue weighted by Gasteiger charge is -2.15. The van der Waals surface area contributed by atoms with Gasteiger partial charge in [-0.2, -0.15) is 0 Å². The molecule has 6 heteroatoms. The number of hydrogen-bond donors (Lipinski definition) is 2. The molecule has 5 nitrogen and oxygen atoms in total. The number of benzene rings is 2. The zero-order chi connectivity index (χ0) is 19.1. The molecule has 2 aromatic carbocycles. The number of ether oxygens (including phenoxy) is 1. The molecule has 0 aromatic heterocycles. The third-order valence-corrected chi connectivity index (χ3v) is 4.21. The Hall–Kier alpha value is -2.34. The zero-order valence-electron chi connectivity index (χ0n) is 15.1. The average molecular weight is 419 g/mol. The molecule has 2 rings (SSSR count). The molecule has 0 aliphatic carbocycles. The fourth-order valence-corrected chi connectivity index (χ4v) is 2.41. The van der Waals surface area contributed by atoms with Crippen LogP contribution in [0.3, 0.4) is 0 Å². The van der Waals surface area contributed by atoms with Crippen LogP contribution in [0, 0.1) is 5.92 Å². The number of hydrogen-bond acceptors (Lipinski definition) is 3. The summed E-state index contributed by atoms with van der Waals surface area (Å²) in [6.45, 7) is 5.74. The molecule has 0 radical (unpaired) electrons. The van der Waals surface area contributed by atoms with Crippen LogP contribution in [0.1, 0.15) is 26.3 Å². The second-order valence-corrected chi connectivity index (χ2v) is 7.19. The van der Waals surface area contributed by atoms with E-state index in [4.69, 9.17) is 4.74 Å². The Bertz CT molecular complexity index is 760. The molecule has 0 aliphatic heterocycles. The molecule has 2 N–H and O–H groups in total. The first kappa shape index (κ1) is 20.0. The third-order valence-electron chi connectivity index (χ3n) is 3.68. The Morgan fingerprint density at radius 1 is 1.04 bits per heavy atom. The van der Waals surface area contributed by atoms with Gasteiger partial charge in [0.15, 0.2) is 6.10 Å². The Labute approximate surface area is 162 Å². The Morgan fingerprint density at radius 3 is 2.38 bits per heavy atom. The van der Waals surface area contributed by atoms with Crippen LogP contribution in [-0.2, 0) is 16.1 Å². The number of carbonyl (C=O) groups is 2. The fourth-order valence-electron chi connectivity index (χ4n) is 2.15. The molecule has 0 fully saturated rings. The minimum absolute atomic E-state index is 0.0392. The zero-order valence-corrected chi connectivity index (χ0v) is 16.7. The maximum absolute atomic E-state index is 12.2. The van der Waals surface area contributed by atoms with E-state index in [-0.39, 0.29) is 17.7 Å². The highest BCUT2D eigenvalue weighted by Crippen LogP contribution is 2.17. The van der Waals surface area contributed by atoms with Gasteiger partial charge in [-0.25, -0.2) is 0 Å². The molecule has 26 heavy (non-hydrogen) atoms. The Kier molecular flexibility index (Phi) is 7.21. The molecule has 2 aromatic rings. The van der Waals surface area contributed by atoms with Gasteiger partial charge in [-0.1, -0.05) is 41.9 Å². The van der Waals surface area contributed by atoms with Gasteiger partial charge in [0.05, 0.1) is 0 Å². The van der Waals surface area contributed by atoms with Gasteiger partial charge in [-0.15, -0.1) is 0 Å². The highest BCUT2D eigenvalue weighted by molar-refractivity contribution is 9.10. The fraction of sp³-hybridized carbons (Fsp3) is 0.300. The van der Waals surface area contributed by atoms with Crippen LogP contribution in [0.15, 0.2) is 53.0 Å². The predicted octanol–water partition coefficient (Wildman–Crippen LogP) is 4.13. The normalized spacial score (nSPS) is 11.7. The predicted molar refractivity (Wildman–Crippen MR) is 106 cm³/mol. The van der Waals surface area contributed by atoms with Crippen molar-refractivity contribution in [2.24, 2.45) is 5.92 Å². The van der Waals surface area contributed by atoms with Crippen LogP contribution >= 0.6 is 15.9 Å². The van der Waals surface area contributed by atoms with Gasteiger partial charge >= 0.3 is 0 Å². The summed E-state index contributed by atoms with van der Waals surface area (Å²) in [5, 5.41) is 5.70. The van der Waals surface area contributed by atoms with Crippen LogP contribution < -0.4 is 15.4 Å². The topological polar surface area (TPSA) is 67.4 Å². The summed E-state index contributed by atoms with van der Waals surface area (Å²) in [5.74, 6) is 0.302. The summed E-state index contributed by atoms with van der Waals surface area (Å²) in [6.07, 6.45) is -0.611. The monoisotopic (exact) mass is 418 g/mol. The smallest absolute Gasteiger partial charge is 0.261 e. The molecule has 0 saturated carbocycles. The second-order valence-electron chi connectivity index (χ2n) is 6.28. The average Bonchev–Trinajstić information content (AvgIpc) is 2.61. The van der Waals surface area contributed by atoms with Crippen LogP contribution in [0.4, 0.5) is 5.69 Å². The summed E-state index contributed by atoms with van der Waals surface area (Å²) in [7, 11) is 0. The van der Waals surface area contributed by atoms with Crippen molar-refractivity contribution in [3.05, 3.63) is 58.6 Å². The maximum Gasteiger partial charge on any atom is 0.261 e. The van der Waals surface area contributed by atoms with E-state index in [1.807, 2.05) is 50.2 Å². The second kappa shape index (κ2) is 9.38. The quantitative estimate of drug-likeness (QED) is 0.710. The van der Waals surface area contributed by atoms with Crippen molar-refractivity contribution in [1.82, 2.24) is 5.32 Å². The third kappa shape index (κ3) is 6.19. The van der Waals surface area contributed by atoms with Gasteiger partial charge < -0.3 is 15.4 Å². The molecule has 1 unspecified atom stereocenters. The van der Waals surface area contributed by atoms with E-state index >= 15 is 0 Å². The molecule has 0 spiro atoms. The van der Waals surface area contributed by atoms with E-state index in [2.05, 4.69) is 26.6 Å². The largest absolute Gasteiger partial charge is 0.481 e. The molecule has 138 valence electrons. The lowest BCUT2D eigenvalue weighted by molar-refractivity contribution is -0.127. The summed E-state index contributed by atoms with van der Waals surface area (Å²) in [5.41, 5.74) is 1.62. The van der Waals surface area contributed by atoms with Gasteiger partial charge in [0.25, 0.3) is 5.91 Å². The molecule has 0 saturated heterocycles. The van der Waals surface area contributed by atoms with Crippen LogP contribution in [0.2, 0.25) is 0 Å². The standard InChI is InChI=1S/C20H23BrN2O3/c1-13(2)19(24)23-17-6-4-5-15(11-17)12-22-20(25)14(3)26-18-9-7-16(21)8-10-18/h4-11,13-14H,12H2,1-3H3,(H,22,25)(H,23,24). The Morgan fingerprint density at radius 2 is 1.73 bits per heavy atom. The van der Waals surface area contributed by atoms with Crippen molar-refractivity contribution < 1.29 is 14.3 Å².